The number of halogens is 3. The third kappa shape index (κ3) is 6.35. The SMILES string of the molecule is COC(COCO)OC(F)(F)F. The maximum atomic E-state index is 11.5. The molecule has 0 aromatic carbocycles. The first-order valence-corrected chi connectivity index (χ1v) is 2.95. The zero-order chi connectivity index (χ0) is 9.61. The van der Waals surface area contributed by atoms with Crippen LogP contribution in [0.25, 0.3) is 0 Å². The Labute approximate surface area is 66.8 Å². The summed E-state index contributed by atoms with van der Waals surface area (Å²) in [6.07, 6.45) is -6.31. The molecule has 0 heterocycles. The number of hydrogen-bond donors (Lipinski definition) is 1. The van der Waals surface area contributed by atoms with Gasteiger partial charge in [0.2, 0.25) is 0 Å². The summed E-state index contributed by atoms with van der Waals surface area (Å²) in [4.78, 5) is 0. The molecule has 0 amide bonds. The van der Waals surface area contributed by atoms with Crippen molar-refractivity contribution in [3.63, 3.8) is 0 Å². The van der Waals surface area contributed by atoms with Crippen LogP contribution in [0, 0.1) is 0 Å². The van der Waals surface area contributed by atoms with Crippen LogP contribution in [0.2, 0.25) is 0 Å². The predicted octanol–water partition coefficient (Wildman–Crippen LogP) is 0.462. The normalized spacial score (nSPS) is 14.8. The third-order valence-electron chi connectivity index (χ3n) is 0.873. The number of ether oxygens (including phenoxy) is 3. The second-order valence-corrected chi connectivity index (χ2v) is 1.73. The summed E-state index contributed by atoms with van der Waals surface area (Å²) in [5, 5.41) is 8.09. The first-order valence-electron chi connectivity index (χ1n) is 2.95. The van der Waals surface area contributed by atoms with E-state index in [0.717, 1.165) is 7.11 Å². The largest absolute Gasteiger partial charge is 0.524 e. The zero-order valence-corrected chi connectivity index (χ0v) is 6.30. The second-order valence-electron chi connectivity index (χ2n) is 1.73. The lowest BCUT2D eigenvalue weighted by Gasteiger charge is -2.16. The van der Waals surface area contributed by atoms with E-state index in [2.05, 4.69) is 14.2 Å². The summed E-state index contributed by atoms with van der Waals surface area (Å²) in [7, 11) is 1.04. The van der Waals surface area contributed by atoms with Crippen molar-refractivity contribution in [1.82, 2.24) is 0 Å². The van der Waals surface area contributed by atoms with Gasteiger partial charge in [0.25, 0.3) is 0 Å². The molecule has 0 rings (SSSR count). The molecule has 0 fully saturated rings. The van der Waals surface area contributed by atoms with Gasteiger partial charge in [0, 0.05) is 7.11 Å². The molecule has 74 valence electrons. The quantitative estimate of drug-likeness (QED) is 0.640. The maximum absolute atomic E-state index is 11.5. The van der Waals surface area contributed by atoms with Crippen LogP contribution in [-0.2, 0) is 14.2 Å². The number of alkyl halides is 3. The number of aliphatic hydroxyl groups is 1. The number of hydrogen-bond acceptors (Lipinski definition) is 4. The molecule has 0 saturated heterocycles. The summed E-state index contributed by atoms with van der Waals surface area (Å²) in [6, 6.07) is 0. The molecule has 0 aromatic heterocycles. The highest BCUT2D eigenvalue weighted by Crippen LogP contribution is 2.18. The average molecular weight is 190 g/mol. The molecule has 0 aromatic rings. The molecule has 7 heteroatoms. The van der Waals surface area contributed by atoms with E-state index in [4.69, 9.17) is 5.11 Å². The van der Waals surface area contributed by atoms with Crippen molar-refractivity contribution in [2.45, 2.75) is 12.7 Å². The molecule has 12 heavy (non-hydrogen) atoms. The minimum atomic E-state index is -4.76. The van der Waals surface area contributed by atoms with E-state index >= 15 is 0 Å². The van der Waals surface area contributed by atoms with Gasteiger partial charge in [-0.2, -0.15) is 0 Å². The van der Waals surface area contributed by atoms with Gasteiger partial charge in [-0.15, -0.1) is 13.2 Å². The van der Waals surface area contributed by atoms with E-state index in [1.54, 1.807) is 0 Å². The Bertz CT molecular complexity index is 116. The first-order chi connectivity index (χ1) is 5.49. The van der Waals surface area contributed by atoms with E-state index in [1.165, 1.54) is 0 Å². The molecule has 0 spiro atoms. The molecular formula is C5H9F3O4. The molecule has 0 bridgehead atoms. The molecule has 0 saturated carbocycles. The van der Waals surface area contributed by atoms with Crippen LogP contribution in [0.1, 0.15) is 0 Å². The lowest BCUT2D eigenvalue weighted by Crippen LogP contribution is -2.29. The fourth-order valence-electron chi connectivity index (χ4n) is 0.448. The molecule has 1 unspecified atom stereocenters. The highest BCUT2D eigenvalue weighted by atomic mass is 19.4. The lowest BCUT2D eigenvalue weighted by atomic mass is 10.7. The Hall–Kier alpha value is -0.370. The fourth-order valence-corrected chi connectivity index (χ4v) is 0.448. The molecule has 4 nitrogen and oxygen atoms in total. The summed E-state index contributed by atoms with van der Waals surface area (Å²) in [5.74, 6) is 0. The van der Waals surface area contributed by atoms with Gasteiger partial charge in [-0.1, -0.05) is 0 Å². The molecule has 0 aliphatic rings. The molecule has 1 N–H and O–H groups in total. The van der Waals surface area contributed by atoms with E-state index in [-0.39, 0.29) is 0 Å². The average Bonchev–Trinajstić information content (AvgIpc) is 1.95. The molecular weight excluding hydrogens is 181 g/mol. The van der Waals surface area contributed by atoms with E-state index in [9.17, 15) is 13.2 Å². The first kappa shape index (κ1) is 11.6. The summed E-state index contributed by atoms with van der Waals surface area (Å²) < 4.78 is 46.4. The van der Waals surface area contributed by atoms with Crippen LogP contribution in [0.3, 0.4) is 0 Å². The van der Waals surface area contributed by atoms with Gasteiger partial charge >= 0.3 is 6.36 Å². The number of aliphatic hydroxyl groups excluding tert-OH is 1. The smallest absolute Gasteiger partial charge is 0.371 e. The van der Waals surface area contributed by atoms with Crippen LogP contribution in [-0.4, -0.2) is 38.3 Å². The monoisotopic (exact) mass is 190 g/mol. The second kappa shape index (κ2) is 5.31. The van der Waals surface area contributed by atoms with Crippen LogP contribution < -0.4 is 0 Å². The van der Waals surface area contributed by atoms with Crippen molar-refractivity contribution in [1.29, 1.82) is 0 Å². The van der Waals surface area contributed by atoms with Crippen molar-refractivity contribution in [2.24, 2.45) is 0 Å². The predicted molar refractivity (Wildman–Crippen MR) is 31.0 cm³/mol. The summed E-state index contributed by atoms with van der Waals surface area (Å²) >= 11 is 0. The molecule has 0 aliphatic carbocycles. The van der Waals surface area contributed by atoms with Crippen molar-refractivity contribution in [2.75, 3.05) is 20.5 Å². The summed E-state index contributed by atoms with van der Waals surface area (Å²) in [5.41, 5.74) is 0. The fraction of sp³-hybridized carbons (Fsp3) is 1.00. The van der Waals surface area contributed by atoms with Gasteiger partial charge in [-0.05, 0) is 0 Å². The van der Waals surface area contributed by atoms with Gasteiger partial charge in [0.15, 0.2) is 6.29 Å². The Morgan fingerprint density at radius 2 is 2.00 bits per heavy atom. The van der Waals surface area contributed by atoms with E-state index in [1.807, 2.05) is 0 Å². The Kier molecular flexibility index (Phi) is 5.14. The van der Waals surface area contributed by atoms with E-state index < -0.39 is 26.1 Å². The van der Waals surface area contributed by atoms with Crippen LogP contribution in [0.4, 0.5) is 13.2 Å². The third-order valence-corrected chi connectivity index (χ3v) is 0.873. The van der Waals surface area contributed by atoms with Gasteiger partial charge in [0.05, 0.1) is 0 Å². The van der Waals surface area contributed by atoms with Gasteiger partial charge < -0.3 is 14.6 Å². The lowest BCUT2D eigenvalue weighted by molar-refractivity contribution is -0.381. The van der Waals surface area contributed by atoms with Crippen LogP contribution in [0.5, 0.6) is 0 Å². The van der Waals surface area contributed by atoms with Gasteiger partial charge in [0.1, 0.15) is 13.4 Å². The van der Waals surface area contributed by atoms with Gasteiger partial charge in [-0.3, -0.25) is 4.74 Å². The highest BCUT2D eigenvalue weighted by molar-refractivity contribution is 4.40. The minimum Gasteiger partial charge on any atom is -0.371 e. The minimum absolute atomic E-state index is 0.480. The molecule has 0 aliphatic heterocycles. The zero-order valence-electron chi connectivity index (χ0n) is 6.30. The molecule has 0 radical (unpaired) electrons. The Morgan fingerprint density at radius 3 is 2.33 bits per heavy atom. The van der Waals surface area contributed by atoms with Crippen molar-refractivity contribution in [3.05, 3.63) is 0 Å². The topological polar surface area (TPSA) is 47.9 Å². The van der Waals surface area contributed by atoms with Crippen LogP contribution in [0.15, 0.2) is 0 Å². The Morgan fingerprint density at radius 1 is 1.42 bits per heavy atom. The summed E-state index contributed by atoms with van der Waals surface area (Å²) in [6.45, 7) is -1.16. The number of rotatable bonds is 5. The van der Waals surface area contributed by atoms with Crippen molar-refractivity contribution >= 4 is 0 Å². The van der Waals surface area contributed by atoms with Gasteiger partial charge in [-0.25, -0.2) is 0 Å². The van der Waals surface area contributed by atoms with E-state index in [0.29, 0.717) is 0 Å². The van der Waals surface area contributed by atoms with Crippen molar-refractivity contribution < 1.29 is 32.5 Å². The Balaban J connectivity index is 3.67. The molecule has 1 atom stereocenters. The number of methoxy groups -OCH3 is 1. The standard InChI is InChI=1S/C5H9F3O4/c1-10-4(2-11-3-9)12-5(6,7)8/h4,9H,2-3H2,1H3. The van der Waals surface area contributed by atoms with Crippen LogP contribution >= 0.6 is 0 Å². The maximum Gasteiger partial charge on any atom is 0.524 e. The highest BCUT2D eigenvalue weighted by Gasteiger charge is 2.33. The van der Waals surface area contributed by atoms with Crippen molar-refractivity contribution in [3.8, 4) is 0 Å².